The first-order valence-electron chi connectivity index (χ1n) is 9.67. The summed E-state index contributed by atoms with van der Waals surface area (Å²) >= 11 is 0. The zero-order valence-corrected chi connectivity index (χ0v) is 15.5. The Bertz CT molecular complexity index is 940. The number of rotatable bonds is 0. The van der Waals surface area contributed by atoms with Crippen LogP contribution in [0.5, 0.6) is 0 Å². The van der Waals surface area contributed by atoms with Gasteiger partial charge in [0.2, 0.25) is 0 Å². The smallest absolute Gasteiger partial charge is 0.144 e. The number of fused-ring (bicyclic) bond motifs is 6. The highest BCUT2D eigenvalue weighted by molar-refractivity contribution is 5.97. The number of hydrogen-bond acceptors (Lipinski definition) is 1. The third-order valence-corrected chi connectivity index (χ3v) is 6.91. The zero-order valence-electron chi connectivity index (χ0n) is 15.5. The minimum Gasteiger partial charge on any atom is -0.299 e. The Hall–Kier alpha value is -1.89. The lowest BCUT2D eigenvalue weighted by Crippen LogP contribution is -2.43. The molecule has 3 aliphatic rings. The van der Waals surface area contributed by atoms with Gasteiger partial charge in [-0.3, -0.25) is 4.79 Å². The first kappa shape index (κ1) is 15.4. The van der Waals surface area contributed by atoms with E-state index in [1.165, 1.54) is 33.0 Å². The molecular weight excluding hydrogens is 304 g/mol. The van der Waals surface area contributed by atoms with E-state index in [2.05, 4.69) is 57.2 Å². The van der Waals surface area contributed by atoms with Gasteiger partial charge in [0.05, 0.1) is 5.41 Å². The standard InChI is InChI=1S/C24H26O/c1-23(2,3)20-6-4-5-16-12-17-8-10-22(25)24(21(17)13-19(16)20)14-15-7-9-18(24)11-15/h4-7,12-13,18H,8-11,14H2,1-3H3. The molecule has 5 rings (SSSR count). The Labute approximate surface area is 150 Å². The van der Waals surface area contributed by atoms with Gasteiger partial charge in [0.15, 0.2) is 0 Å². The maximum atomic E-state index is 13.2. The number of hydrogen-bond donors (Lipinski definition) is 0. The van der Waals surface area contributed by atoms with Gasteiger partial charge in [-0.1, -0.05) is 56.7 Å². The number of carbonyl (C=O) groups excluding carboxylic acids is 1. The highest BCUT2D eigenvalue weighted by Gasteiger charge is 2.55. The average Bonchev–Trinajstić information content (AvgIpc) is 3.18. The number of carbonyl (C=O) groups is 1. The summed E-state index contributed by atoms with van der Waals surface area (Å²) in [6.45, 7) is 6.85. The molecule has 0 aromatic heterocycles. The molecule has 2 aromatic carbocycles. The Morgan fingerprint density at radius 2 is 1.96 bits per heavy atom. The molecule has 0 heterocycles. The van der Waals surface area contributed by atoms with Crippen molar-refractivity contribution in [3.63, 3.8) is 0 Å². The highest BCUT2D eigenvalue weighted by atomic mass is 16.1. The Kier molecular flexibility index (Phi) is 2.98. The summed E-state index contributed by atoms with van der Waals surface area (Å²) in [6, 6.07) is 11.5. The summed E-state index contributed by atoms with van der Waals surface area (Å²) < 4.78 is 0. The van der Waals surface area contributed by atoms with Crippen molar-refractivity contribution in [3.05, 3.63) is 58.7 Å². The molecule has 1 saturated carbocycles. The Balaban J connectivity index is 1.81. The van der Waals surface area contributed by atoms with Crippen LogP contribution in [0.4, 0.5) is 0 Å². The summed E-state index contributed by atoms with van der Waals surface area (Å²) in [5.74, 6) is 1.01. The van der Waals surface area contributed by atoms with Gasteiger partial charge in [-0.15, -0.1) is 0 Å². The van der Waals surface area contributed by atoms with Crippen molar-refractivity contribution < 1.29 is 4.79 Å². The van der Waals surface area contributed by atoms with Crippen molar-refractivity contribution in [3.8, 4) is 0 Å². The molecule has 128 valence electrons. The maximum Gasteiger partial charge on any atom is 0.144 e. The largest absolute Gasteiger partial charge is 0.299 e. The van der Waals surface area contributed by atoms with Gasteiger partial charge in [0.25, 0.3) is 0 Å². The lowest BCUT2D eigenvalue weighted by atomic mass is 9.61. The average molecular weight is 330 g/mol. The van der Waals surface area contributed by atoms with Crippen LogP contribution >= 0.6 is 0 Å². The topological polar surface area (TPSA) is 17.1 Å². The SMILES string of the molecule is CC(C)(C)c1cccc2cc3c(cc12)C1(CC2=CCC1C2)C(=O)CC3. The molecule has 2 atom stereocenters. The Morgan fingerprint density at radius 1 is 1.12 bits per heavy atom. The van der Waals surface area contributed by atoms with Crippen LogP contribution in [-0.4, -0.2) is 5.78 Å². The minimum atomic E-state index is -0.211. The van der Waals surface area contributed by atoms with Gasteiger partial charge >= 0.3 is 0 Å². The maximum absolute atomic E-state index is 13.2. The molecule has 1 spiro atoms. The van der Waals surface area contributed by atoms with E-state index in [0.717, 1.165) is 32.1 Å². The fraction of sp³-hybridized carbons (Fsp3) is 0.458. The molecule has 3 aliphatic carbocycles. The number of allylic oxidation sites excluding steroid dienone is 2. The van der Waals surface area contributed by atoms with Crippen molar-refractivity contribution >= 4 is 16.6 Å². The number of benzene rings is 2. The molecule has 0 saturated heterocycles. The third-order valence-electron chi connectivity index (χ3n) is 6.91. The monoisotopic (exact) mass is 330 g/mol. The van der Waals surface area contributed by atoms with E-state index in [4.69, 9.17) is 0 Å². The normalized spacial score (nSPS) is 27.9. The molecule has 1 nitrogen and oxygen atoms in total. The second kappa shape index (κ2) is 4.84. The first-order valence-corrected chi connectivity index (χ1v) is 9.67. The molecule has 25 heavy (non-hydrogen) atoms. The third kappa shape index (κ3) is 1.99. The summed E-state index contributed by atoms with van der Waals surface area (Å²) in [7, 11) is 0. The van der Waals surface area contributed by atoms with Crippen LogP contribution in [0.3, 0.4) is 0 Å². The van der Waals surface area contributed by atoms with Crippen molar-refractivity contribution in [2.75, 3.05) is 0 Å². The quantitative estimate of drug-likeness (QED) is 0.572. The Morgan fingerprint density at radius 3 is 2.64 bits per heavy atom. The van der Waals surface area contributed by atoms with E-state index in [9.17, 15) is 4.79 Å². The van der Waals surface area contributed by atoms with Crippen molar-refractivity contribution in [1.82, 2.24) is 0 Å². The summed E-state index contributed by atoms with van der Waals surface area (Å²) in [4.78, 5) is 13.2. The number of Topliss-reactive ketones (excluding diaryl/α,β-unsaturated/α-hetero) is 1. The van der Waals surface area contributed by atoms with Crippen molar-refractivity contribution in [2.24, 2.45) is 5.92 Å². The summed E-state index contributed by atoms with van der Waals surface area (Å²) in [5, 5.41) is 2.68. The van der Waals surface area contributed by atoms with Gasteiger partial charge in [-0.05, 0) is 70.5 Å². The second-order valence-corrected chi connectivity index (χ2v) is 9.36. The van der Waals surface area contributed by atoms with Gasteiger partial charge in [0.1, 0.15) is 5.78 Å². The molecule has 2 bridgehead atoms. The molecule has 1 fully saturated rings. The molecule has 1 heteroatoms. The minimum absolute atomic E-state index is 0.108. The fourth-order valence-electron chi connectivity index (χ4n) is 5.73. The van der Waals surface area contributed by atoms with Crippen LogP contribution in [0.2, 0.25) is 0 Å². The van der Waals surface area contributed by atoms with Crippen molar-refractivity contribution in [1.29, 1.82) is 0 Å². The molecule has 2 unspecified atom stereocenters. The van der Waals surface area contributed by atoms with Gasteiger partial charge in [-0.2, -0.15) is 0 Å². The molecule has 0 N–H and O–H groups in total. The molecule has 0 radical (unpaired) electrons. The zero-order chi connectivity index (χ0) is 17.4. The van der Waals surface area contributed by atoms with Crippen LogP contribution in [0.1, 0.15) is 63.1 Å². The van der Waals surface area contributed by atoms with E-state index >= 15 is 0 Å². The van der Waals surface area contributed by atoms with Gasteiger partial charge in [0, 0.05) is 6.42 Å². The lowest BCUT2D eigenvalue weighted by Gasteiger charge is -2.40. The van der Waals surface area contributed by atoms with E-state index in [-0.39, 0.29) is 10.8 Å². The fourth-order valence-corrected chi connectivity index (χ4v) is 5.73. The number of ketones is 1. The molecule has 0 aliphatic heterocycles. The molecular formula is C24H26O. The summed E-state index contributed by atoms with van der Waals surface area (Å²) in [5.41, 5.74) is 5.60. The van der Waals surface area contributed by atoms with E-state index in [1.807, 2.05) is 0 Å². The lowest BCUT2D eigenvalue weighted by molar-refractivity contribution is -0.126. The van der Waals surface area contributed by atoms with Crippen molar-refractivity contribution in [2.45, 2.75) is 63.7 Å². The van der Waals surface area contributed by atoms with Crippen LogP contribution in [0, 0.1) is 5.92 Å². The van der Waals surface area contributed by atoms with Gasteiger partial charge in [-0.25, -0.2) is 0 Å². The van der Waals surface area contributed by atoms with Crippen LogP contribution in [-0.2, 0) is 22.0 Å². The van der Waals surface area contributed by atoms with E-state index in [1.54, 1.807) is 0 Å². The molecule has 2 aromatic rings. The predicted octanol–water partition coefficient (Wildman–Crippen LogP) is 5.63. The number of aryl methyl sites for hydroxylation is 1. The predicted molar refractivity (Wildman–Crippen MR) is 103 cm³/mol. The van der Waals surface area contributed by atoms with Crippen LogP contribution in [0.15, 0.2) is 42.0 Å². The van der Waals surface area contributed by atoms with E-state index in [0.29, 0.717) is 11.7 Å². The molecule has 0 amide bonds. The summed E-state index contributed by atoms with van der Waals surface area (Å²) in [6.07, 6.45) is 7.24. The van der Waals surface area contributed by atoms with Crippen LogP contribution < -0.4 is 0 Å². The van der Waals surface area contributed by atoms with Crippen LogP contribution in [0.25, 0.3) is 10.8 Å². The van der Waals surface area contributed by atoms with Gasteiger partial charge < -0.3 is 0 Å². The first-order chi connectivity index (χ1) is 11.9. The highest BCUT2D eigenvalue weighted by Crippen LogP contribution is 2.57. The second-order valence-electron chi connectivity index (χ2n) is 9.36. The van der Waals surface area contributed by atoms with E-state index < -0.39 is 0 Å².